The highest BCUT2D eigenvalue weighted by Crippen LogP contribution is 2.31. The number of hydrogen-bond acceptors (Lipinski definition) is 3. The highest BCUT2D eigenvalue weighted by atomic mass is 79.9. The number of rotatable bonds is 6. The molecule has 2 aromatic heterocycles. The summed E-state index contributed by atoms with van der Waals surface area (Å²) in [5, 5.41) is 0.478. The molecule has 22 heavy (non-hydrogen) atoms. The summed E-state index contributed by atoms with van der Waals surface area (Å²) >= 11 is 6.49. The first-order valence-electron chi connectivity index (χ1n) is 6.44. The van der Waals surface area contributed by atoms with E-state index in [0.717, 1.165) is 12.4 Å². The fourth-order valence-electron chi connectivity index (χ4n) is 2.20. The summed E-state index contributed by atoms with van der Waals surface area (Å²) in [4.78, 5) is 20.1. The van der Waals surface area contributed by atoms with E-state index in [0.29, 0.717) is 0 Å². The number of hydrogen-bond donors (Lipinski definition) is 0. The molecule has 0 amide bonds. The maximum atomic E-state index is 13.9. The molecule has 2 heterocycles. The van der Waals surface area contributed by atoms with Gasteiger partial charge >= 0.3 is 0 Å². The minimum absolute atomic E-state index is 0.239. The van der Waals surface area contributed by atoms with E-state index < -0.39 is 23.5 Å². The van der Waals surface area contributed by atoms with Crippen LogP contribution in [0.1, 0.15) is 23.0 Å². The van der Waals surface area contributed by atoms with Gasteiger partial charge in [-0.3, -0.25) is 14.8 Å². The molecule has 0 aliphatic heterocycles. The summed E-state index contributed by atoms with van der Waals surface area (Å²) in [6.45, 7) is 0. The summed E-state index contributed by atoms with van der Waals surface area (Å²) in [6, 6.07) is 2.93. The lowest BCUT2D eigenvalue weighted by Gasteiger charge is -2.20. The second-order valence-electron chi connectivity index (χ2n) is 4.61. The zero-order chi connectivity index (χ0) is 16.1. The standard InChI is InChI=1S/C15H12Br2F2N2O/c16-5-11(9-1-3-20-7-13(9)18)15(22)12(6-17)10-2-4-21-8-14(10)19/h1-4,7-8,11-12H,5-6H2. The second kappa shape index (κ2) is 7.87. The van der Waals surface area contributed by atoms with Gasteiger partial charge in [-0.25, -0.2) is 8.78 Å². The van der Waals surface area contributed by atoms with Crippen LogP contribution in [0.15, 0.2) is 36.9 Å². The molecule has 0 radical (unpaired) electrons. The van der Waals surface area contributed by atoms with Gasteiger partial charge in [0.2, 0.25) is 0 Å². The molecule has 0 fully saturated rings. The average molecular weight is 434 g/mol. The van der Waals surface area contributed by atoms with E-state index in [1.165, 1.54) is 24.5 Å². The van der Waals surface area contributed by atoms with Crippen LogP contribution in [0.5, 0.6) is 0 Å². The van der Waals surface area contributed by atoms with E-state index in [1.54, 1.807) is 0 Å². The molecule has 116 valence electrons. The van der Waals surface area contributed by atoms with Crippen molar-refractivity contribution in [1.82, 2.24) is 9.97 Å². The Kier molecular flexibility index (Phi) is 6.14. The predicted octanol–water partition coefficient (Wildman–Crippen LogP) is 3.98. The van der Waals surface area contributed by atoms with Crippen molar-refractivity contribution in [2.24, 2.45) is 0 Å². The summed E-state index contributed by atoms with van der Waals surface area (Å²) in [6.07, 6.45) is 4.98. The quantitative estimate of drug-likeness (QED) is 0.647. The molecule has 0 aliphatic rings. The van der Waals surface area contributed by atoms with Crippen molar-refractivity contribution in [1.29, 1.82) is 0 Å². The molecule has 2 atom stereocenters. The zero-order valence-corrected chi connectivity index (χ0v) is 14.5. The lowest BCUT2D eigenvalue weighted by Crippen LogP contribution is -2.24. The van der Waals surface area contributed by atoms with E-state index in [9.17, 15) is 13.6 Å². The van der Waals surface area contributed by atoms with E-state index in [1.807, 2.05) is 0 Å². The molecule has 2 unspecified atom stereocenters. The Hall–Kier alpha value is -1.21. The van der Waals surface area contributed by atoms with Crippen molar-refractivity contribution < 1.29 is 13.6 Å². The summed E-state index contributed by atoms with van der Waals surface area (Å²) in [5.41, 5.74) is 0.495. The van der Waals surface area contributed by atoms with Gasteiger partial charge in [0.1, 0.15) is 17.4 Å². The molecular formula is C15H12Br2F2N2O. The third kappa shape index (κ3) is 3.57. The van der Waals surface area contributed by atoms with Crippen LogP contribution in [0.3, 0.4) is 0 Å². The molecule has 3 nitrogen and oxygen atoms in total. The normalized spacial score (nSPS) is 13.6. The third-order valence-electron chi connectivity index (χ3n) is 3.35. The van der Waals surface area contributed by atoms with Gasteiger partial charge in [-0.05, 0) is 12.1 Å². The fourth-order valence-corrected chi connectivity index (χ4v) is 3.54. The lowest BCUT2D eigenvalue weighted by atomic mass is 9.86. The van der Waals surface area contributed by atoms with Crippen LogP contribution in [0.4, 0.5) is 8.78 Å². The Balaban J connectivity index is 2.39. The van der Waals surface area contributed by atoms with E-state index in [-0.39, 0.29) is 27.6 Å². The highest BCUT2D eigenvalue weighted by Gasteiger charge is 2.31. The number of nitrogens with zero attached hydrogens (tertiary/aromatic N) is 2. The summed E-state index contributed by atoms with van der Waals surface area (Å²) < 4.78 is 27.8. The average Bonchev–Trinajstić information content (AvgIpc) is 2.52. The van der Waals surface area contributed by atoms with Gasteiger partial charge in [-0.15, -0.1) is 0 Å². The van der Waals surface area contributed by atoms with Crippen molar-refractivity contribution >= 4 is 37.6 Å². The fraction of sp³-hybridized carbons (Fsp3) is 0.267. The van der Waals surface area contributed by atoms with Crippen molar-refractivity contribution in [3.63, 3.8) is 0 Å². The molecule has 0 bridgehead atoms. The van der Waals surface area contributed by atoms with Crippen molar-refractivity contribution in [2.75, 3.05) is 10.7 Å². The van der Waals surface area contributed by atoms with Gasteiger partial charge in [0, 0.05) is 34.2 Å². The zero-order valence-electron chi connectivity index (χ0n) is 11.3. The number of Topliss-reactive ketones (excluding diaryl/α,β-unsaturated/α-hetero) is 1. The number of ketones is 1. The van der Waals surface area contributed by atoms with E-state index in [4.69, 9.17) is 0 Å². The molecular weight excluding hydrogens is 422 g/mol. The first kappa shape index (κ1) is 17.1. The van der Waals surface area contributed by atoms with Crippen LogP contribution in [0.25, 0.3) is 0 Å². The van der Waals surface area contributed by atoms with Crippen molar-refractivity contribution in [3.05, 3.63) is 59.7 Å². The maximum Gasteiger partial charge on any atom is 0.149 e. The molecule has 0 N–H and O–H groups in total. The van der Waals surface area contributed by atoms with E-state index in [2.05, 4.69) is 41.8 Å². The van der Waals surface area contributed by atoms with Crippen LogP contribution >= 0.6 is 31.9 Å². The molecule has 2 rings (SSSR count). The van der Waals surface area contributed by atoms with Gasteiger partial charge in [-0.2, -0.15) is 0 Å². The SMILES string of the molecule is O=C(C(CBr)c1ccncc1F)C(CBr)c1ccncc1F. The van der Waals surface area contributed by atoms with Crippen LogP contribution in [0.2, 0.25) is 0 Å². The number of aromatic nitrogens is 2. The minimum Gasteiger partial charge on any atom is -0.298 e. The second-order valence-corrected chi connectivity index (χ2v) is 5.91. The van der Waals surface area contributed by atoms with Gasteiger partial charge in [0.25, 0.3) is 0 Å². The number of carbonyl (C=O) groups is 1. The van der Waals surface area contributed by atoms with Crippen LogP contribution < -0.4 is 0 Å². The van der Waals surface area contributed by atoms with Gasteiger partial charge in [-0.1, -0.05) is 31.9 Å². The Morgan fingerprint density at radius 1 is 0.955 bits per heavy atom. The van der Waals surface area contributed by atoms with Crippen LogP contribution in [-0.4, -0.2) is 26.4 Å². The lowest BCUT2D eigenvalue weighted by molar-refractivity contribution is -0.121. The van der Waals surface area contributed by atoms with Gasteiger partial charge in [0.05, 0.1) is 24.2 Å². The number of carbonyl (C=O) groups excluding carboxylic acids is 1. The van der Waals surface area contributed by atoms with Crippen molar-refractivity contribution in [3.8, 4) is 0 Å². The molecule has 0 spiro atoms. The van der Waals surface area contributed by atoms with Gasteiger partial charge in [0.15, 0.2) is 0 Å². The maximum absolute atomic E-state index is 13.9. The van der Waals surface area contributed by atoms with Crippen LogP contribution in [-0.2, 0) is 4.79 Å². The summed E-state index contributed by atoms with van der Waals surface area (Å²) in [7, 11) is 0. The molecule has 2 aromatic rings. The smallest absolute Gasteiger partial charge is 0.149 e. The van der Waals surface area contributed by atoms with Crippen molar-refractivity contribution in [2.45, 2.75) is 11.8 Å². The Bertz CT molecular complexity index is 614. The monoisotopic (exact) mass is 432 g/mol. The number of halogens is 4. The van der Waals surface area contributed by atoms with E-state index >= 15 is 0 Å². The van der Waals surface area contributed by atoms with Crippen LogP contribution in [0, 0.1) is 11.6 Å². The first-order chi connectivity index (χ1) is 10.6. The summed E-state index contributed by atoms with van der Waals surface area (Å²) in [5.74, 6) is -2.83. The topological polar surface area (TPSA) is 42.9 Å². The Morgan fingerprint density at radius 3 is 1.68 bits per heavy atom. The third-order valence-corrected chi connectivity index (χ3v) is 4.65. The predicted molar refractivity (Wildman–Crippen MR) is 86.5 cm³/mol. The molecule has 0 aromatic carbocycles. The first-order valence-corrected chi connectivity index (χ1v) is 8.68. The highest BCUT2D eigenvalue weighted by molar-refractivity contribution is 9.09. The molecule has 0 aliphatic carbocycles. The minimum atomic E-state index is -0.724. The molecule has 0 saturated heterocycles. The largest absolute Gasteiger partial charge is 0.298 e. The number of alkyl halides is 2. The Labute approximate surface area is 143 Å². The van der Waals surface area contributed by atoms with Gasteiger partial charge < -0.3 is 0 Å². The molecule has 0 saturated carbocycles. The molecule has 7 heteroatoms. The Morgan fingerprint density at radius 2 is 1.36 bits per heavy atom. The number of pyridine rings is 2.